The molecule has 1 aliphatic heterocycles. The number of aromatic nitrogens is 8. The number of anilines is 2. The first-order valence-electron chi connectivity index (χ1n) is 15.0. The molecule has 44 heavy (non-hydrogen) atoms. The van der Waals surface area contributed by atoms with Crippen LogP contribution in [0.4, 0.5) is 11.6 Å². The predicted octanol–water partition coefficient (Wildman–Crippen LogP) is 3.38. The van der Waals surface area contributed by atoms with Gasteiger partial charge in [-0.25, -0.2) is 14.6 Å². The second kappa shape index (κ2) is 14.3. The summed E-state index contributed by atoms with van der Waals surface area (Å²) >= 11 is 6.42. The number of rotatable bonds is 12. The molecule has 0 bridgehead atoms. The van der Waals surface area contributed by atoms with Gasteiger partial charge in [0.2, 0.25) is 5.95 Å². The largest absolute Gasteiger partial charge is 0.487 e. The summed E-state index contributed by atoms with van der Waals surface area (Å²) in [5.41, 5.74) is 2.31. The van der Waals surface area contributed by atoms with Gasteiger partial charge in [-0.05, 0) is 60.7 Å². The summed E-state index contributed by atoms with van der Waals surface area (Å²) in [7, 11) is 0. The third-order valence-electron chi connectivity index (χ3n) is 7.96. The average Bonchev–Trinajstić information content (AvgIpc) is 3.72. The predicted molar refractivity (Wildman–Crippen MR) is 162 cm³/mol. The lowest BCUT2D eigenvalue weighted by Gasteiger charge is -2.38. The molecule has 2 N–H and O–H groups in total. The smallest absolute Gasteiger partial charge is 0.257 e. The van der Waals surface area contributed by atoms with E-state index in [1.165, 1.54) is 6.33 Å². The van der Waals surface area contributed by atoms with E-state index < -0.39 is 0 Å². The minimum absolute atomic E-state index is 0.106. The summed E-state index contributed by atoms with van der Waals surface area (Å²) in [6.45, 7) is 6.10. The highest BCUT2D eigenvalue weighted by molar-refractivity contribution is 6.32. The molecule has 2 aliphatic rings. The zero-order valence-corrected chi connectivity index (χ0v) is 25.4. The molecular weight excluding hydrogens is 588 g/mol. The number of aliphatic hydroxyl groups is 1. The average molecular weight is 625 g/mol. The monoisotopic (exact) mass is 624 g/mol. The molecule has 0 radical (unpaired) electrons. The van der Waals surface area contributed by atoms with Gasteiger partial charge in [-0.1, -0.05) is 17.7 Å². The Morgan fingerprint density at radius 3 is 2.59 bits per heavy atom. The summed E-state index contributed by atoms with van der Waals surface area (Å²) in [4.78, 5) is 11.6. The number of hydrogen-bond acceptors (Lipinski definition) is 12. The molecule has 0 unspecified atom stereocenters. The highest BCUT2D eigenvalue weighted by Gasteiger charge is 2.29. The lowest BCUT2D eigenvalue weighted by molar-refractivity contribution is 0.00502. The van der Waals surface area contributed by atoms with Crippen LogP contribution in [-0.2, 0) is 11.3 Å². The van der Waals surface area contributed by atoms with E-state index in [1.54, 1.807) is 23.1 Å². The second-order valence-electron chi connectivity index (χ2n) is 11.0. The van der Waals surface area contributed by atoms with Crippen molar-refractivity contribution in [3.05, 3.63) is 48.1 Å². The van der Waals surface area contributed by atoms with Gasteiger partial charge in [0.1, 0.15) is 30.5 Å². The topological polar surface area (TPSA) is 150 Å². The van der Waals surface area contributed by atoms with E-state index in [0.29, 0.717) is 40.9 Å². The Morgan fingerprint density at radius 2 is 1.86 bits per heavy atom. The Balaban J connectivity index is 1.11. The number of nitrogens with zero attached hydrogens (tertiary/aromatic N) is 9. The standard InChI is InChI=1S/C29H37ClN10O4/c1-20(17-39-19-33-36-37-39)44-27-14-21(2-7-25(27)30)22-15-31-29(32-16-22)34-26-18-40(35-28(26)43-13-10-41)24-5-3-23(4-6-24)38-8-11-42-12-9-38/h2,7,14-16,18-20,23-24,41H,3-6,8-13,17H2,1H3,(H,31,32,34)/t20-,23?,24?/m0/s1. The molecule has 0 spiro atoms. The first kappa shape index (κ1) is 30.2. The van der Waals surface area contributed by atoms with Crippen LogP contribution < -0.4 is 14.8 Å². The van der Waals surface area contributed by atoms with Crippen LogP contribution >= 0.6 is 11.6 Å². The highest BCUT2D eigenvalue weighted by atomic mass is 35.5. The molecule has 14 nitrogen and oxygen atoms in total. The zero-order chi connectivity index (χ0) is 30.3. The molecule has 4 heterocycles. The van der Waals surface area contributed by atoms with Gasteiger partial charge in [-0.15, -0.1) is 10.2 Å². The summed E-state index contributed by atoms with van der Waals surface area (Å²) in [5, 5.41) is 29.0. The summed E-state index contributed by atoms with van der Waals surface area (Å²) < 4.78 is 20.9. The van der Waals surface area contributed by atoms with Crippen molar-refractivity contribution in [3.63, 3.8) is 0 Å². The van der Waals surface area contributed by atoms with Crippen molar-refractivity contribution in [2.45, 2.75) is 57.3 Å². The molecule has 1 saturated heterocycles. The third kappa shape index (κ3) is 7.44. The number of nitrogens with one attached hydrogen (secondary N) is 1. The second-order valence-corrected chi connectivity index (χ2v) is 11.4. The van der Waals surface area contributed by atoms with Gasteiger partial charge >= 0.3 is 0 Å². The molecule has 1 aliphatic carbocycles. The van der Waals surface area contributed by atoms with Gasteiger partial charge in [0.25, 0.3) is 5.88 Å². The van der Waals surface area contributed by atoms with Crippen LogP contribution in [0.15, 0.2) is 43.1 Å². The maximum Gasteiger partial charge on any atom is 0.257 e. The molecule has 3 aromatic heterocycles. The van der Waals surface area contributed by atoms with Gasteiger partial charge in [0, 0.05) is 37.1 Å². The van der Waals surface area contributed by atoms with Crippen LogP contribution in [0.25, 0.3) is 11.1 Å². The number of aliphatic hydroxyl groups excluding tert-OH is 1. The first-order valence-corrected chi connectivity index (χ1v) is 15.3. The quantitative estimate of drug-likeness (QED) is 0.238. The maximum atomic E-state index is 9.35. The van der Waals surface area contributed by atoms with E-state index in [-0.39, 0.29) is 25.4 Å². The number of hydrogen-bond donors (Lipinski definition) is 2. The highest BCUT2D eigenvalue weighted by Crippen LogP contribution is 2.35. The molecule has 2 fully saturated rings. The summed E-state index contributed by atoms with van der Waals surface area (Å²) in [6, 6.07) is 6.42. The van der Waals surface area contributed by atoms with Crippen molar-refractivity contribution < 1.29 is 19.3 Å². The zero-order valence-electron chi connectivity index (χ0n) is 24.6. The minimum atomic E-state index is -0.211. The molecule has 1 atom stereocenters. The van der Waals surface area contributed by atoms with Crippen LogP contribution in [0.2, 0.25) is 5.02 Å². The van der Waals surface area contributed by atoms with E-state index in [4.69, 9.17) is 30.9 Å². The lowest BCUT2D eigenvalue weighted by Crippen LogP contribution is -2.45. The lowest BCUT2D eigenvalue weighted by atomic mass is 9.90. The van der Waals surface area contributed by atoms with Crippen molar-refractivity contribution in [3.8, 4) is 22.8 Å². The van der Waals surface area contributed by atoms with Gasteiger partial charge in [0.15, 0.2) is 0 Å². The maximum absolute atomic E-state index is 9.35. The molecular formula is C29H37ClN10O4. The molecule has 1 aromatic carbocycles. The Labute approximate surface area is 260 Å². The fraction of sp³-hybridized carbons (Fsp3) is 0.517. The van der Waals surface area contributed by atoms with Gasteiger partial charge in [-0.2, -0.15) is 0 Å². The minimum Gasteiger partial charge on any atom is -0.487 e. The van der Waals surface area contributed by atoms with Crippen LogP contribution in [0.3, 0.4) is 0 Å². The van der Waals surface area contributed by atoms with E-state index in [1.807, 2.05) is 29.9 Å². The Bertz CT molecular complexity index is 1470. The number of halogens is 1. The van der Waals surface area contributed by atoms with Gasteiger partial charge in [-0.3, -0.25) is 9.58 Å². The van der Waals surface area contributed by atoms with Crippen LogP contribution in [-0.4, -0.2) is 102 Å². The number of ether oxygens (including phenoxy) is 3. The van der Waals surface area contributed by atoms with Crippen LogP contribution in [0.1, 0.15) is 38.6 Å². The van der Waals surface area contributed by atoms with E-state index in [9.17, 15) is 5.11 Å². The van der Waals surface area contributed by atoms with Crippen molar-refractivity contribution >= 4 is 23.2 Å². The number of tetrazole rings is 1. The van der Waals surface area contributed by atoms with E-state index in [2.05, 4.69) is 35.7 Å². The van der Waals surface area contributed by atoms with Crippen LogP contribution in [0, 0.1) is 0 Å². The third-order valence-corrected chi connectivity index (χ3v) is 8.27. The molecule has 6 rings (SSSR count). The van der Waals surface area contributed by atoms with Crippen molar-refractivity contribution in [1.82, 2.24) is 44.9 Å². The molecule has 15 heteroatoms. The van der Waals surface area contributed by atoms with Crippen molar-refractivity contribution in [1.29, 1.82) is 0 Å². The molecule has 0 amide bonds. The number of morpholine rings is 1. The molecule has 4 aromatic rings. The Hall–Kier alpha value is -3.85. The van der Waals surface area contributed by atoms with Crippen molar-refractivity contribution in [2.75, 3.05) is 44.8 Å². The van der Waals surface area contributed by atoms with Crippen molar-refractivity contribution in [2.24, 2.45) is 0 Å². The van der Waals surface area contributed by atoms with E-state index in [0.717, 1.165) is 63.1 Å². The van der Waals surface area contributed by atoms with E-state index >= 15 is 0 Å². The van der Waals surface area contributed by atoms with Gasteiger partial charge < -0.3 is 24.6 Å². The van der Waals surface area contributed by atoms with Gasteiger partial charge in [0.05, 0.1) is 43.6 Å². The molecule has 234 valence electrons. The normalized spacial score (nSPS) is 19.9. The summed E-state index contributed by atoms with van der Waals surface area (Å²) in [5.74, 6) is 1.36. The Morgan fingerprint density at radius 1 is 1.09 bits per heavy atom. The summed E-state index contributed by atoms with van der Waals surface area (Å²) in [6.07, 6.45) is 11.1. The first-order chi connectivity index (χ1) is 21.6. The SMILES string of the molecule is C[C@@H](Cn1cnnn1)Oc1cc(-c2cnc(Nc3cn(C4CCC(N5CCOCC5)CC4)nc3OCCO)nc2)ccc1Cl. The fourth-order valence-corrected chi connectivity index (χ4v) is 5.91. The molecule has 1 saturated carbocycles. The van der Waals surface area contributed by atoms with Crippen LogP contribution in [0.5, 0.6) is 11.6 Å². The fourth-order valence-electron chi connectivity index (χ4n) is 5.74. The Kier molecular flexibility index (Phi) is 9.80. The number of benzene rings is 1.